The molecule has 0 aromatic heterocycles. The predicted octanol–water partition coefficient (Wildman–Crippen LogP) is 2.07. The third-order valence-electron chi connectivity index (χ3n) is 4.47. The Morgan fingerprint density at radius 3 is 2.81 bits per heavy atom. The third kappa shape index (κ3) is 2.93. The zero-order valence-corrected chi connectivity index (χ0v) is 11.7. The monoisotopic (exact) mass is 289 g/mol. The smallest absolute Gasteiger partial charge is 0.335 e. The fourth-order valence-electron chi connectivity index (χ4n) is 3.40. The van der Waals surface area contributed by atoms with Crippen molar-refractivity contribution in [2.24, 2.45) is 5.92 Å². The Labute approximate surface area is 123 Å². The number of benzene rings is 1. The zero-order chi connectivity index (χ0) is 14.8. The van der Waals surface area contributed by atoms with E-state index in [-0.39, 0.29) is 23.6 Å². The van der Waals surface area contributed by atoms with Gasteiger partial charge in [-0.05, 0) is 43.9 Å². The molecule has 1 saturated heterocycles. The summed E-state index contributed by atoms with van der Waals surface area (Å²) in [6.07, 6.45) is 4.36. The third-order valence-corrected chi connectivity index (χ3v) is 4.47. The number of carbonyl (C=O) groups excluding carboxylic acids is 1. The van der Waals surface area contributed by atoms with E-state index in [0.29, 0.717) is 11.5 Å². The van der Waals surface area contributed by atoms with E-state index in [9.17, 15) is 9.59 Å². The Morgan fingerprint density at radius 2 is 2.00 bits per heavy atom. The summed E-state index contributed by atoms with van der Waals surface area (Å²) in [4.78, 5) is 23.3. The van der Waals surface area contributed by atoms with Crippen molar-refractivity contribution in [2.75, 3.05) is 6.61 Å². The minimum Gasteiger partial charge on any atom is -0.478 e. The predicted molar refractivity (Wildman–Crippen MR) is 76.4 cm³/mol. The van der Waals surface area contributed by atoms with Crippen molar-refractivity contribution in [3.05, 3.63) is 35.4 Å². The number of aromatic carboxylic acids is 1. The van der Waals surface area contributed by atoms with Crippen LogP contribution in [-0.2, 0) is 4.74 Å². The zero-order valence-electron chi connectivity index (χ0n) is 11.7. The summed E-state index contributed by atoms with van der Waals surface area (Å²) in [7, 11) is 0. The number of carboxylic acids is 1. The van der Waals surface area contributed by atoms with Crippen LogP contribution in [0.4, 0.5) is 0 Å². The highest BCUT2D eigenvalue weighted by Crippen LogP contribution is 2.34. The Balaban J connectivity index is 1.71. The van der Waals surface area contributed by atoms with Gasteiger partial charge in [0.15, 0.2) is 0 Å². The summed E-state index contributed by atoms with van der Waals surface area (Å²) in [5.74, 6) is -0.826. The lowest BCUT2D eigenvalue weighted by molar-refractivity contribution is 0.0510. The highest BCUT2D eigenvalue weighted by molar-refractivity contribution is 5.97. The first-order chi connectivity index (χ1) is 10.1. The number of rotatable bonds is 3. The Hall–Kier alpha value is -1.88. The maximum Gasteiger partial charge on any atom is 0.335 e. The molecule has 1 saturated carbocycles. The maximum absolute atomic E-state index is 12.3. The van der Waals surface area contributed by atoms with Crippen molar-refractivity contribution in [2.45, 2.75) is 37.8 Å². The van der Waals surface area contributed by atoms with Crippen molar-refractivity contribution in [1.82, 2.24) is 5.32 Å². The minimum absolute atomic E-state index is 0.132. The van der Waals surface area contributed by atoms with Crippen LogP contribution in [0.5, 0.6) is 0 Å². The average molecular weight is 289 g/mol. The molecule has 21 heavy (non-hydrogen) atoms. The van der Waals surface area contributed by atoms with Crippen LogP contribution in [-0.4, -0.2) is 35.7 Å². The SMILES string of the molecule is O=C(O)c1cccc(C(=O)NC2CCCC3OCCC23)c1. The lowest BCUT2D eigenvalue weighted by atomic mass is 9.81. The second-order valence-corrected chi connectivity index (χ2v) is 5.76. The number of ether oxygens (including phenoxy) is 1. The second-order valence-electron chi connectivity index (χ2n) is 5.76. The number of carbonyl (C=O) groups is 2. The van der Waals surface area contributed by atoms with Crippen molar-refractivity contribution in [1.29, 1.82) is 0 Å². The van der Waals surface area contributed by atoms with E-state index in [1.807, 2.05) is 0 Å². The second kappa shape index (κ2) is 5.85. The number of amides is 1. The van der Waals surface area contributed by atoms with Crippen molar-refractivity contribution in [3.8, 4) is 0 Å². The molecule has 2 N–H and O–H groups in total. The number of fused-ring (bicyclic) bond motifs is 1. The Bertz CT molecular complexity index is 557. The topological polar surface area (TPSA) is 75.6 Å². The molecule has 3 atom stereocenters. The van der Waals surface area contributed by atoms with Crippen LogP contribution in [0.3, 0.4) is 0 Å². The van der Waals surface area contributed by atoms with Crippen molar-refractivity contribution in [3.63, 3.8) is 0 Å². The van der Waals surface area contributed by atoms with E-state index in [4.69, 9.17) is 9.84 Å². The van der Waals surface area contributed by atoms with Gasteiger partial charge in [-0.1, -0.05) is 6.07 Å². The molecule has 0 spiro atoms. The lowest BCUT2D eigenvalue weighted by Gasteiger charge is -2.33. The number of carboxylic acid groups (broad SMARTS) is 1. The van der Waals surface area contributed by atoms with Crippen LogP contribution in [0.15, 0.2) is 24.3 Å². The van der Waals surface area contributed by atoms with E-state index < -0.39 is 5.97 Å². The fourth-order valence-corrected chi connectivity index (χ4v) is 3.40. The molecule has 1 aliphatic heterocycles. The first kappa shape index (κ1) is 14.1. The summed E-state index contributed by atoms with van der Waals surface area (Å²) < 4.78 is 5.70. The number of hydrogen-bond donors (Lipinski definition) is 2. The fraction of sp³-hybridized carbons (Fsp3) is 0.500. The van der Waals surface area contributed by atoms with E-state index in [1.165, 1.54) is 12.1 Å². The van der Waals surface area contributed by atoms with Crippen LogP contribution in [0.25, 0.3) is 0 Å². The number of nitrogens with one attached hydrogen (secondary N) is 1. The van der Waals surface area contributed by atoms with Crippen LogP contribution in [0.2, 0.25) is 0 Å². The highest BCUT2D eigenvalue weighted by Gasteiger charge is 2.38. The van der Waals surface area contributed by atoms with Gasteiger partial charge in [-0.3, -0.25) is 4.79 Å². The summed E-state index contributed by atoms with van der Waals surface area (Å²) in [5, 5.41) is 12.0. The summed E-state index contributed by atoms with van der Waals surface area (Å²) in [5.41, 5.74) is 0.532. The summed E-state index contributed by atoms with van der Waals surface area (Å²) in [6, 6.07) is 6.28. The molecule has 112 valence electrons. The molecule has 0 radical (unpaired) electrons. The minimum atomic E-state index is -1.02. The lowest BCUT2D eigenvalue weighted by Crippen LogP contribution is -2.45. The summed E-state index contributed by atoms with van der Waals surface area (Å²) >= 11 is 0. The number of hydrogen-bond acceptors (Lipinski definition) is 3. The molecule has 1 aromatic rings. The largest absolute Gasteiger partial charge is 0.478 e. The van der Waals surface area contributed by atoms with Gasteiger partial charge in [-0.15, -0.1) is 0 Å². The van der Waals surface area contributed by atoms with Gasteiger partial charge < -0.3 is 15.2 Å². The first-order valence-electron chi connectivity index (χ1n) is 7.41. The van der Waals surface area contributed by atoms with Gasteiger partial charge in [-0.2, -0.15) is 0 Å². The van der Waals surface area contributed by atoms with Crippen LogP contribution in [0, 0.1) is 5.92 Å². The highest BCUT2D eigenvalue weighted by atomic mass is 16.5. The van der Waals surface area contributed by atoms with Crippen LogP contribution in [0.1, 0.15) is 46.4 Å². The molecule has 1 amide bonds. The first-order valence-corrected chi connectivity index (χ1v) is 7.41. The van der Waals surface area contributed by atoms with Crippen LogP contribution >= 0.6 is 0 Å². The standard InChI is InChI=1S/C16H19NO4/c18-15(10-3-1-4-11(9-10)16(19)20)17-13-5-2-6-14-12(13)7-8-21-14/h1,3-4,9,12-14H,2,5-8H2,(H,17,18)(H,19,20). The van der Waals surface area contributed by atoms with Crippen molar-refractivity contribution >= 4 is 11.9 Å². The van der Waals surface area contributed by atoms with Gasteiger partial charge in [0, 0.05) is 24.1 Å². The van der Waals surface area contributed by atoms with E-state index >= 15 is 0 Å². The molecule has 5 heteroatoms. The molecule has 0 bridgehead atoms. The molecule has 1 aliphatic carbocycles. The Kier molecular flexibility index (Phi) is 3.92. The van der Waals surface area contributed by atoms with Gasteiger partial charge in [0.05, 0.1) is 11.7 Å². The van der Waals surface area contributed by atoms with E-state index in [0.717, 1.165) is 32.3 Å². The van der Waals surface area contributed by atoms with Crippen molar-refractivity contribution < 1.29 is 19.4 Å². The van der Waals surface area contributed by atoms with E-state index in [1.54, 1.807) is 12.1 Å². The quantitative estimate of drug-likeness (QED) is 0.893. The average Bonchev–Trinajstić information content (AvgIpc) is 2.97. The molecule has 3 rings (SSSR count). The van der Waals surface area contributed by atoms with Crippen LogP contribution < -0.4 is 5.32 Å². The molecule has 3 unspecified atom stereocenters. The summed E-state index contributed by atoms with van der Waals surface area (Å²) in [6.45, 7) is 0.774. The van der Waals surface area contributed by atoms with Gasteiger partial charge in [0.2, 0.25) is 0 Å². The maximum atomic E-state index is 12.3. The van der Waals surface area contributed by atoms with Gasteiger partial charge >= 0.3 is 5.97 Å². The van der Waals surface area contributed by atoms with Gasteiger partial charge in [0.25, 0.3) is 5.91 Å². The molecule has 2 fully saturated rings. The normalized spacial score (nSPS) is 27.9. The molecule has 1 aromatic carbocycles. The Morgan fingerprint density at radius 1 is 1.19 bits per heavy atom. The van der Waals surface area contributed by atoms with E-state index in [2.05, 4.69) is 5.32 Å². The molecule has 2 aliphatic rings. The molecule has 1 heterocycles. The molecular weight excluding hydrogens is 270 g/mol. The molecule has 5 nitrogen and oxygen atoms in total. The van der Waals surface area contributed by atoms with Gasteiger partial charge in [-0.25, -0.2) is 4.79 Å². The molecular formula is C16H19NO4. The van der Waals surface area contributed by atoms with Gasteiger partial charge in [0.1, 0.15) is 0 Å².